The van der Waals surface area contributed by atoms with Gasteiger partial charge in [-0.25, -0.2) is 46.2 Å². The Kier molecular flexibility index (Phi) is 19.7. The van der Waals surface area contributed by atoms with Gasteiger partial charge in [-0.1, -0.05) is 0 Å². The van der Waals surface area contributed by atoms with Gasteiger partial charge in [0, 0.05) is 53.0 Å². The highest BCUT2D eigenvalue weighted by Gasteiger charge is 2.40. The summed E-state index contributed by atoms with van der Waals surface area (Å²) in [5.41, 5.74) is -7.31. The minimum absolute atomic E-state index is 0.0233. The second-order valence-electron chi connectivity index (χ2n) is 11.8. The Balaban J connectivity index is 0.000000413. The lowest BCUT2D eigenvalue weighted by Crippen LogP contribution is -2.12. The highest BCUT2D eigenvalue weighted by atomic mass is 35.5. The molecule has 0 saturated carbocycles. The van der Waals surface area contributed by atoms with E-state index in [0.717, 1.165) is 37.3 Å². The maximum Gasteiger partial charge on any atom is 0.436 e. The van der Waals surface area contributed by atoms with Crippen LogP contribution >= 0.6 is 11.6 Å². The summed E-state index contributed by atoms with van der Waals surface area (Å²) in [6, 6.07) is 0. The van der Waals surface area contributed by atoms with Gasteiger partial charge in [-0.15, -0.1) is 5.10 Å². The van der Waals surface area contributed by atoms with Crippen molar-refractivity contribution in [3.63, 3.8) is 0 Å². The van der Waals surface area contributed by atoms with Crippen molar-refractivity contribution in [2.45, 2.75) is 44.5 Å². The van der Waals surface area contributed by atoms with E-state index in [9.17, 15) is 81.0 Å². The van der Waals surface area contributed by atoms with Gasteiger partial charge in [-0.3, -0.25) is 18.7 Å². The van der Waals surface area contributed by atoms with Crippen LogP contribution in [0.3, 0.4) is 0 Å². The van der Waals surface area contributed by atoms with Crippen molar-refractivity contribution < 1.29 is 111 Å². The molecule has 0 atom stereocenters. The van der Waals surface area contributed by atoms with Crippen LogP contribution in [-0.4, -0.2) is 111 Å². The molecule has 0 unspecified atom stereocenters. The maximum absolute atomic E-state index is 12.5. The first-order valence-electron chi connectivity index (χ1n) is 16.4. The second kappa shape index (κ2) is 23.0. The zero-order valence-corrected chi connectivity index (χ0v) is 33.8. The van der Waals surface area contributed by atoms with E-state index in [-0.39, 0.29) is 15.9 Å². The van der Waals surface area contributed by atoms with Gasteiger partial charge in [0.05, 0.1) is 5.69 Å². The number of alkyl halides is 14. The van der Waals surface area contributed by atoms with Crippen LogP contribution in [0.4, 0.5) is 57.1 Å². The second-order valence-corrected chi connectivity index (χ2v) is 12.3. The number of rotatable bonds is 11. The van der Waals surface area contributed by atoms with E-state index >= 15 is 0 Å². The fraction of sp³-hybridized carbons (Fsp3) is 0.355. The standard InChI is InChI=1S/C7H7F3N2O2.C6H5ClF2N2O2.C6H4F4N2O2.C6H6F2N2O3.C6H6F2N2O2/c1-3-4(6(13)14)5(7(8,9)10)11-12(3)2;1-11-2-3(5(12)13)4(10-11)6(7,8)9;7-4(8)3-2(5(13)14)1-12(11-3)6(9)10;1-10-2-3(5(11)12)4(9-10)13-6(7)8;1-10-2-3(6(11)12)4(9-10)5(7)8/h1-2H3,(H,13,14);2H,1H3,(H,12,13);1,4,6H,(H,13,14);2,6H,1H3,(H,11,12);2,5H,1H3,(H,11,12). The molecule has 66 heavy (non-hydrogen) atoms. The zero-order chi connectivity index (χ0) is 51.5. The van der Waals surface area contributed by atoms with E-state index in [1.807, 2.05) is 0 Å². The van der Waals surface area contributed by atoms with Gasteiger partial charge in [0.15, 0.2) is 11.4 Å². The van der Waals surface area contributed by atoms with Crippen LogP contribution in [0.1, 0.15) is 99.7 Å². The van der Waals surface area contributed by atoms with Crippen LogP contribution in [0.15, 0.2) is 24.8 Å². The molecule has 0 saturated heterocycles. The number of nitrogens with zero attached hydrogens (tertiary/aromatic N) is 10. The van der Waals surface area contributed by atoms with Crippen molar-refractivity contribution in [2.75, 3.05) is 0 Å². The van der Waals surface area contributed by atoms with Crippen LogP contribution in [0.5, 0.6) is 5.88 Å². The quantitative estimate of drug-likeness (QED) is 0.0693. The molecule has 0 amide bonds. The minimum Gasteiger partial charge on any atom is -0.478 e. The molecule has 0 spiro atoms. The Morgan fingerprint density at radius 3 is 1.32 bits per heavy atom. The Morgan fingerprint density at radius 1 is 0.576 bits per heavy atom. The van der Waals surface area contributed by atoms with Crippen LogP contribution in [-0.2, 0) is 39.7 Å². The highest BCUT2D eigenvalue weighted by Crippen LogP contribution is 2.34. The first-order chi connectivity index (χ1) is 30.0. The van der Waals surface area contributed by atoms with Gasteiger partial charge in [0.25, 0.3) is 18.7 Å². The molecule has 35 heteroatoms. The summed E-state index contributed by atoms with van der Waals surface area (Å²) in [7, 11) is 5.39. The molecule has 5 rings (SSSR count). The molecule has 0 fully saturated rings. The van der Waals surface area contributed by atoms with Gasteiger partial charge in [-0.2, -0.15) is 59.9 Å². The Morgan fingerprint density at radius 2 is 0.985 bits per heavy atom. The molecule has 0 aliphatic heterocycles. The van der Waals surface area contributed by atoms with E-state index in [1.165, 1.54) is 35.1 Å². The lowest BCUT2D eigenvalue weighted by molar-refractivity contribution is -0.142. The predicted octanol–water partition coefficient (Wildman–Crippen LogP) is 6.54. The summed E-state index contributed by atoms with van der Waals surface area (Å²) in [6.45, 7) is -4.94. The third-order valence-electron chi connectivity index (χ3n) is 7.06. The number of aryl methyl sites for hydroxylation is 4. The third-order valence-corrected chi connectivity index (χ3v) is 7.24. The van der Waals surface area contributed by atoms with Crippen LogP contribution in [0.2, 0.25) is 0 Å². The minimum atomic E-state index is -4.74. The molecular formula is C31H28ClF13N10O11. The molecule has 0 radical (unpaired) electrons. The average Bonchev–Trinajstić information content (AvgIpc) is 3.99. The maximum atomic E-state index is 12.5. The van der Waals surface area contributed by atoms with Crippen molar-refractivity contribution in [3.8, 4) is 5.88 Å². The zero-order valence-electron chi connectivity index (χ0n) is 33.1. The third kappa shape index (κ3) is 16.0. The van der Waals surface area contributed by atoms with E-state index in [2.05, 4.69) is 41.8 Å². The van der Waals surface area contributed by atoms with Crippen molar-refractivity contribution in [1.29, 1.82) is 0 Å². The molecule has 366 valence electrons. The van der Waals surface area contributed by atoms with Gasteiger partial charge < -0.3 is 30.3 Å². The molecule has 0 aliphatic rings. The number of halogens is 14. The lowest BCUT2D eigenvalue weighted by Gasteiger charge is -2.03. The molecular weight excluding hydrogens is 971 g/mol. The summed E-state index contributed by atoms with van der Waals surface area (Å²) in [6.07, 6.45) is -7.31. The SMILES string of the molecule is Cc1c(C(=O)O)c(C(F)(F)F)nn1C.Cn1cc(C(=O)O)c(C(F)(F)Cl)n1.Cn1cc(C(=O)O)c(C(F)F)n1.Cn1cc(C(=O)O)c(OC(F)F)n1.O=C(O)c1cn(C(F)F)nc1C(F)F. The number of carbonyl (C=O) groups is 5. The number of ether oxygens (including phenoxy) is 1. The molecule has 0 aliphatic carbocycles. The van der Waals surface area contributed by atoms with Gasteiger partial charge in [-0.05, 0) is 18.5 Å². The topological polar surface area (TPSA) is 285 Å². The van der Waals surface area contributed by atoms with E-state index < -0.39 is 118 Å². The van der Waals surface area contributed by atoms with E-state index in [1.54, 1.807) is 0 Å². The smallest absolute Gasteiger partial charge is 0.436 e. The largest absolute Gasteiger partial charge is 0.478 e. The molecule has 0 aromatic carbocycles. The fourth-order valence-electron chi connectivity index (χ4n) is 4.37. The lowest BCUT2D eigenvalue weighted by atomic mass is 10.2. The Hall–Kier alpha value is -7.42. The van der Waals surface area contributed by atoms with Crippen LogP contribution in [0, 0.1) is 6.92 Å². The Bertz CT molecular complexity index is 2490. The number of aromatic carboxylic acids is 5. The molecule has 5 heterocycles. The number of aromatic nitrogens is 10. The summed E-state index contributed by atoms with van der Waals surface area (Å²) in [4.78, 5) is 52.1. The number of hydrogen-bond acceptors (Lipinski definition) is 11. The molecule has 0 bridgehead atoms. The molecule has 21 nitrogen and oxygen atoms in total. The first kappa shape index (κ1) is 56.6. The van der Waals surface area contributed by atoms with Gasteiger partial charge in [0.2, 0.25) is 0 Å². The fourth-order valence-corrected chi connectivity index (χ4v) is 4.51. The molecule has 5 aromatic heterocycles. The van der Waals surface area contributed by atoms with Crippen molar-refractivity contribution in [1.82, 2.24) is 48.9 Å². The van der Waals surface area contributed by atoms with Crippen molar-refractivity contribution >= 4 is 41.4 Å². The first-order valence-corrected chi connectivity index (χ1v) is 16.7. The van der Waals surface area contributed by atoms with Crippen molar-refractivity contribution in [3.05, 3.63) is 81.1 Å². The van der Waals surface area contributed by atoms with Crippen LogP contribution in [0.25, 0.3) is 0 Å². The monoisotopic (exact) mass is 998 g/mol. The van der Waals surface area contributed by atoms with Crippen molar-refractivity contribution in [2.24, 2.45) is 28.2 Å². The normalized spacial score (nSPS) is 11.2. The Labute approximate surface area is 361 Å². The number of carboxylic acid groups (broad SMARTS) is 5. The number of carboxylic acids is 5. The number of hydrogen-bond donors (Lipinski definition) is 5. The van der Waals surface area contributed by atoms with Gasteiger partial charge >= 0.3 is 54.6 Å². The van der Waals surface area contributed by atoms with Crippen LogP contribution < -0.4 is 4.74 Å². The van der Waals surface area contributed by atoms with Gasteiger partial charge in [0.1, 0.15) is 39.2 Å². The summed E-state index contributed by atoms with van der Waals surface area (Å²) in [5, 5.41) is 54.5. The van der Waals surface area contributed by atoms with E-state index in [0.29, 0.717) is 6.20 Å². The average molecular weight is 999 g/mol. The summed E-state index contributed by atoms with van der Waals surface area (Å²) < 4.78 is 165. The predicted molar refractivity (Wildman–Crippen MR) is 187 cm³/mol. The molecule has 5 N–H and O–H groups in total. The summed E-state index contributed by atoms with van der Waals surface area (Å²) in [5.74, 6) is -8.15. The highest BCUT2D eigenvalue weighted by molar-refractivity contribution is 6.22. The molecule has 5 aromatic rings. The summed E-state index contributed by atoms with van der Waals surface area (Å²) >= 11 is 4.65. The van der Waals surface area contributed by atoms with E-state index in [4.69, 9.17) is 25.5 Å².